The first kappa shape index (κ1) is 14.2. The van der Waals surface area contributed by atoms with E-state index in [2.05, 4.69) is 15.8 Å². The summed E-state index contributed by atoms with van der Waals surface area (Å²) in [5, 5.41) is 8.85. The molecular formula is C11H17N3O4. The summed E-state index contributed by atoms with van der Waals surface area (Å²) in [4.78, 5) is 22.7. The summed E-state index contributed by atoms with van der Waals surface area (Å²) in [5.41, 5.74) is 0.234. The Hall–Kier alpha value is -1.89. The molecule has 0 unspecified atom stereocenters. The van der Waals surface area contributed by atoms with Crippen molar-refractivity contribution in [3.8, 4) is 0 Å². The number of carbonyl (C=O) groups excluding carboxylic acids is 2. The second-order valence-corrected chi connectivity index (χ2v) is 3.67. The zero-order chi connectivity index (χ0) is 13.4. The van der Waals surface area contributed by atoms with Gasteiger partial charge in [-0.25, -0.2) is 0 Å². The highest BCUT2D eigenvalue weighted by atomic mass is 16.5. The van der Waals surface area contributed by atoms with Crippen LogP contribution < -0.4 is 10.6 Å². The molecule has 18 heavy (non-hydrogen) atoms. The molecule has 1 rings (SSSR count). The molecule has 1 aromatic rings. The third kappa shape index (κ3) is 4.96. The fourth-order valence-corrected chi connectivity index (χ4v) is 1.23. The lowest BCUT2D eigenvalue weighted by Crippen LogP contribution is -2.35. The average molecular weight is 255 g/mol. The van der Waals surface area contributed by atoms with Gasteiger partial charge in [-0.2, -0.15) is 0 Å². The Bertz CT molecular complexity index is 403. The van der Waals surface area contributed by atoms with Crippen LogP contribution in [0.5, 0.6) is 0 Å². The first-order valence-electron chi connectivity index (χ1n) is 5.60. The van der Waals surface area contributed by atoms with Gasteiger partial charge in [-0.3, -0.25) is 9.59 Å². The van der Waals surface area contributed by atoms with Crippen LogP contribution in [0, 0.1) is 6.92 Å². The van der Waals surface area contributed by atoms with E-state index in [0.29, 0.717) is 31.9 Å². The van der Waals surface area contributed by atoms with Gasteiger partial charge in [0.2, 0.25) is 5.91 Å². The molecule has 0 saturated carbocycles. The summed E-state index contributed by atoms with van der Waals surface area (Å²) in [6.45, 7) is 2.80. The second-order valence-electron chi connectivity index (χ2n) is 3.67. The molecule has 2 amide bonds. The predicted molar refractivity (Wildman–Crippen MR) is 63.1 cm³/mol. The number of hydrogen-bond acceptors (Lipinski definition) is 5. The first-order chi connectivity index (χ1) is 8.63. The number of amides is 2. The van der Waals surface area contributed by atoms with Crippen LogP contribution in [0.25, 0.3) is 0 Å². The van der Waals surface area contributed by atoms with Crippen LogP contribution in [0.15, 0.2) is 10.6 Å². The summed E-state index contributed by atoms with van der Waals surface area (Å²) < 4.78 is 9.55. The molecule has 0 spiro atoms. The molecule has 0 radical (unpaired) electrons. The van der Waals surface area contributed by atoms with E-state index < -0.39 is 0 Å². The molecule has 0 aliphatic carbocycles. The third-order valence-corrected chi connectivity index (χ3v) is 2.13. The molecular weight excluding hydrogens is 238 g/mol. The van der Waals surface area contributed by atoms with E-state index in [1.807, 2.05) is 0 Å². The van der Waals surface area contributed by atoms with Crippen molar-refractivity contribution in [3.05, 3.63) is 17.5 Å². The number of aromatic nitrogens is 1. The monoisotopic (exact) mass is 255 g/mol. The van der Waals surface area contributed by atoms with Gasteiger partial charge in [-0.15, -0.1) is 0 Å². The Morgan fingerprint density at radius 3 is 2.72 bits per heavy atom. The Kier molecular flexibility index (Phi) is 5.86. The number of hydrogen-bond donors (Lipinski definition) is 2. The number of nitrogens with one attached hydrogen (secondary N) is 2. The lowest BCUT2D eigenvalue weighted by Gasteiger charge is -2.05. The summed E-state index contributed by atoms with van der Waals surface area (Å²) >= 11 is 0. The normalized spacial score (nSPS) is 10.1. The van der Waals surface area contributed by atoms with Crippen molar-refractivity contribution < 1.29 is 18.8 Å². The first-order valence-corrected chi connectivity index (χ1v) is 5.60. The van der Waals surface area contributed by atoms with E-state index in [1.165, 1.54) is 7.11 Å². The molecule has 0 bridgehead atoms. The largest absolute Gasteiger partial charge is 0.384 e. The highest BCUT2D eigenvalue weighted by Gasteiger charge is 2.09. The molecule has 0 aliphatic rings. The van der Waals surface area contributed by atoms with Crippen LogP contribution in [0.1, 0.15) is 22.7 Å². The zero-order valence-corrected chi connectivity index (χ0v) is 10.5. The Morgan fingerprint density at radius 1 is 1.39 bits per heavy atom. The van der Waals surface area contributed by atoms with Crippen LogP contribution in [-0.4, -0.2) is 43.8 Å². The summed E-state index contributed by atoms with van der Waals surface area (Å²) in [7, 11) is 1.54. The maximum Gasteiger partial charge on any atom is 0.273 e. The van der Waals surface area contributed by atoms with Gasteiger partial charge in [-0.1, -0.05) is 5.16 Å². The van der Waals surface area contributed by atoms with Crippen molar-refractivity contribution in [1.29, 1.82) is 0 Å². The van der Waals surface area contributed by atoms with Gasteiger partial charge >= 0.3 is 0 Å². The summed E-state index contributed by atoms with van der Waals surface area (Å²) in [6.07, 6.45) is 0.312. The topological polar surface area (TPSA) is 93.5 Å². The molecule has 100 valence electrons. The quantitative estimate of drug-likeness (QED) is 0.662. The van der Waals surface area contributed by atoms with Crippen LogP contribution in [0.2, 0.25) is 0 Å². The minimum Gasteiger partial charge on any atom is -0.384 e. The van der Waals surface area contributed by atoms with Gasteiger partial charge in [0.15, 0.2) is 5.69 Å². The van der Waals surface area contributed by atoms with Crippen molar-refractivity contribution in [3.63, 3.8) is 0 Å². The molecule has 7 heteroatoms. The van der Waals surface area contributed by atoms with Gasteiger partial charge in [0.25, 0.3) is 5.91 Å². The van der Waals surface area contributed by atoms with Crippen molar-refractivity contribution in [2.45, 2.75) is 13.3 Å². The highest BCUT2D eigenvalue weighted by Crippen LogP contribution is 2.00. The number of aryl methyl sites for hydroxylation is 1. The van der Waals surface area contributed by atoms with E-state index >= 15 is 0 Å². The number of methoxy groups -OCH3 is 1. The van der Waals surface area contributed by atoms with E-state index in [4.69, 9.17) is 9.26 Å². The van der Waals surface area contributed by atoms with Crippen LogP contribution in [0.4, 0.5) is 0 Å². The predicted octanol–water partition coefficient (Wildman–Crippen LogP) is -0.134. The van der Waals surface area contributed by atoms with Crippen LogP contribution >= 0.6 is 0 Å². The minimum absolute atomic E-state index is 0.108. The van der Waals surface area contributed by atoms with Gasteiger partial charge < -0.3 is 19.9 Å². The fraction of sp³-hybridized carbons (Fsp3) is 0.545. The average Bonchev–Trinajstić information content (AvgIpc) is 2.78. The van der Waals surface area contributed by atoms with E-state index in [-0.39, 0.29) is 17.5 Å². The van der Waals surface area contributed by atoms with E-state index in [1.54, 1.807) is 13.0 Å². The van der Waals surface area contributed by atoms with Gasteiger partial charge in [0.05, 0.1) is 6.61 Å². The van der Waals surface area contributed by atoms with Crippen molar-refractivity contribution in [2.24, 2.45) is 0 Å². The fourth-order valence-electron chi connectivity index (χ4n) is 1.23. The second kappa shape index (κ2) is 7.44. The lowest BCUT2D eigenvalue weighted by molar-refractivity contribution is -0.121. The maximum absolute atomic E-state index is 11.5. The van der Waals surface area contributed by atoms with Crippen LogP contribution in [0.3, 0.4) is 0 Å². The highest BCUT2D eigenvalue weighted by molar-refractivity contribution is 5.92. The van der Waals surface area contributed by atoms with E-state index in [0.717, 1.165) is 0 Å². The molecule has 0 aliphatic heterocycles. The molecule has 7 nitrogen and oxygen atoms in total. The summed E-state index contributed by atoms with van der Waals surface area (Å²) in [6, 6.07) is 1.55. The standard InChI is InChI=1S/C11H17N3O4/c1-8-7-9(14-18-8)11(16)13-5-4-12-10(15)3-6-17-2/h7H,3-6H2,1-2H3,(H,12,15)(H,13,16). The van der Waals surface area contributed by atoms with E-state index in [9.17, 15) is 9.59 Å². The lowest BCUT2D eigenvalue weighted by atomic mass is 10.3. The van der Waals surface area contributed by atoms with Crippen molar-refractivity contribution in [2.75, 3.05) is 26.8 Å². The zero-order valence-electron chi connectivity index (χ0n) is 10.5. The van der Waals surface area contributed by atoms with Gasteiger partial charge in [0, 0.05) is 32.7 Å². The third-order valence-electron chi connectivity index (χ3n) is 2.13. The Balaban J connectivity index is 2.14. The molecule has 0 saturated heterocycles. The van der Waals surface area contributed by atoms with Crippen molar-refractivity contribution in [1.82, 2.24) is 15.8 Å². The van der Waals surface area contributed by atoms with Gasteiger partial charge in [-0.05, 0) is 6.92 Å². The minimum atomic E-state index is -0.321. The summed E-state index contributed by atoms with van der Waals surface area (Å²) in [5.74, 6) is 0.148. The number of rotatable bonds is 7. The van der Waals surface area contributed by atoms with Crippen molar-refractivity contribution >= 4 is 11.8 Å². The molecule has 0 fully saturated rings. The number of ether oxygens (including phenoxy) is 1. The molecule has 0 aromatic carbocycles. The molecule has 2 N–H and O–H groups in total. The number of nitrogens with zero attached hydrogens (tertiary/aromatic N) is 1. The van der Waals surface area contributed by atoms with Crippen LogP contribution in [-0.2, 0) is 9.53 Å². The van der Waals surface area contributed by atoms with Gasteiger partial charge in [0.1, 0.15) is 5.76 Å². The number of carbonyl (C=O) groups is 2. The molecule has 1 aromatic heterocycles. The maximum atomic E-state index is 11.5. The Labute approximate surface area is 105 Å². The molecule has 0 atom stereocenters. The smallest absolute Gasteiger partial charge is 0.273 e. The Morgan fingerprint density at radius 2 is 2.11 bits per heavy atom. The molecule has 1 heterocycles. The SMILES string of the molecule is COCCC(=O)NCCNC(=O)c1cc(C)on1.